The van der Waals surface area contributed by atoms with Gasteiger partial charge in [-0.2, -0.15) is 5.10 Å². The average molecular weight is 430 g/mol. The Hall–Kier alpha value is -2.88. The fourth-order valence-electron chi connectivity index (χ4n) is 3.31. The van der Waals surface area contributed by atoms with E-state index >= 15 is 0 Å². The zero-order valence-corrected chi connectivity index (χ0v) is 17.5. The smallest absolute Gasteiger partial charge is 0.248 e. The SMILES string of the molecule is COc1cccc(Cn2nc(-c3ccsc3S(N)(=O)=O)c3c(OC)cccc32)c1. The minimum absolute atomic E-state index is 0.0799. The van der Waals surface area contributed by atoms with E-state index in [1.165, 1.54) is 0 Å². The molecule has 0 radical (unpaired) electrons. The third-order valence-electron chi connectivity index (χ3n) is 4.57. The molecule has 7 nitrogen and oxygen atoms in total. The highest BCUT2D eigenvalue weighted by atomic mass is 32.2. The molecule has 0 aliphatic carbocycles. The van der Waals surface area contributed by atoms with E-state index in [-0.39, 0.29) is 4.21 Å². The number of primary sulfonamides is 1. The van der Waals surface area contributed by atoms with Crippen LogP contribution in [0.25, 0.3) is 22.2 Å². The average Bonchev–Trinajstić information content (AvgIpc) is 3.33. The van der Waals surface area contributed by atoms with Crippen molar-refractivity contribution in [3.05, 3.63) is 59.5 Å². The van der Waals surface area contributed by atoms with E-state index in [2.05, 4.69) is 0 Å². The first-order valence-corrected chi connectivity index (χ1v) is 11.1. The molecule has 2 heterocycles. The van der Waals surface area contributed by atoms with Gasteiger partial charge in [0.15, 0.2) is 0 Å². The van der Waals surface area contributed by atoms with E-state index in [1.807, 2.05) is 47.1 Å². The molecule has 29 heavy (non-hydrogen) atoms. The summed E-state index contributed by atoms with van der Waals surface area (Å²) in [6, 6.07) is 15.1. The van der Waals surface area contributed by atoms with Crippen LogP contribution in [0.5, 0.6) is 11.5 Å². The number of methoxy groups -OCH3 is 2. The van der Waals surface area contributed by atoms with E-state index in [9.17, 15) is 8.42 Å². The third kappa shape index (κ3) is 3.59. The molecule has 4 rings (SSSR count). The van der Waals surface area contributed by atoms with Crippen molar-refractivity contribution in [2.75, 3.05) is 14.2 Å². The third-order valence-corrected chi connectivity index (χ3v) is 7.00. The predicted octanol–water partition coefficient (Wildman–Crippen LogP) is 3.48. The van der Waals surface area contributed by atoms with Crippen molar-refractivity contribution < 1.29 is 17.9 Å². The number of hydrogen-bond donors (Lipinski definition) is 1. The quantitative estimate of drug-likeness (QED) is 0.506. The van der Waals surface area contributed by atoms with E-state index in [1.54, 1.807) is 25.7 Å². The second-order valence-electron chi connectivity index (χ2n) is 6.38. The second kappa shape index (κ2) is 7.51. The lowest BCUT2D eigenvalue weighted by Gasteiger charge is -2.07. The number of hydrogen-bond acceptors (Lipinski definition) is 6. The first-order chi connectivity index (χ1) is 13.9. The van der Waals surface area contributed by atoms with Crippen molar-refractivity contribution in [3.8, 4) is 22.8 Å². The summed E-state index contributed by atoms with van der Waals surface area (Å²) in [6.45, 7) is 0.482. The van der Waals surface area contributed by atoms with Crippen molar-refractivity contribution in [1.82, 2.24) is 9.78 Å². The fraction of sp³-hybridized carbons (Fsp3) is 0.150. The van der Waals surface area contributed by atoms with Gasteiger partial charge in [-0.1, -0.05) is 18.2 Å². The molecule has 2 aromatic carbocycles. The maximum Gasteiger partial charge on any atom is 0.248 e. The maximum absolute atomic E-state index is 12.1. The number of nitrogens with zero attached hydrogens (tertiary/aromatic N) is 2. The van der Waals surface area contributed by atoms with Gasteiger partial charge in [-0.15, -0.1) is 11.3 Å². The summed E-state index contributed by atoms with van der Waals surface area (Å²) >= 11 is 1.07. The summed E-state index contributed by atoms with van der Waals surface area (Å²) in [5, 5.41) is 12.6. The monoisotopic (exact) mass is 429 g/mol. The number of rotatable bonds is 6. The normalized spacial score (nSPS) is 11.7. The number of benzene rings is 2. The lowest BCUT2D eigenvalue weighted by molar-refractivity contribution is 0.414. The summed E-state index contributed by atoms with van der Waals surface area (Å²) in [6.07, 6.45) is 0. The van der Waals surface area contributed by atoms with Crippen molar-refractivity contribution in [2.24, 2.45) is 5.14 Å². The van der Waals surface area contributed by atoms with Gasteiger partial charge in [0.05, 0.1) is 31.7 Å². The van der Waals surface area contributed by atoms with Crippen LogP contribution in [0.2, 0.25) is 0 Å². The molecule has 0 saturated carbocycles. The first-order valence-electron chi connectivity index (χ1n) is 8.69. The van der Waals surface area contributed by atoms with Crippen LogP contribution in [0.1, 0.15) is 5.56 Å². The summed E-state index contributed by atoms with van der Waals surface area (Å²) < 4.78 is 36.9. The lowest BCUT2D eigenvalue weighted by Crippen LogP contribution is -2.11. The highest BCUT2D eigenvalue weighted by molar-refractivity contribution is 7.91. The number of nitrogens with two attached hydrogens (primary N) is 1. The minimum atomic E-state index is -3.87. The van der Waals surface area contributed by atoms with Crippen molar-refractivity contribution in [1.29, 1.82) is 0 Å². The van der Waals surface area contributed by atoms with Gasteiger partial charge in [0.25, 0.3) is 0 Å². The molecule has 9 heteroatoms. The molecular weight excluding hydrogens is 410 g/mol. The Labute approximate surface area is 172 Å². The molecule has 0 aliphatic rings. The van der Waals surface area contributed by atoms with Gasteiger partial charge in [0.1, 0.15) is 21.4 Å². The van der Waals surface area contributed by atoms with Crippen LogP contribution in [-0.2, 0) is 16.6 Å². The number of sulfonamides is 1. The van der Waals surface area contributed by atoms with Gasteiger partial charge < -0.3 is 9.47 Å². The fourth-order valence-corrected chi connectivity index (χ4v) is 5.11. The second-order valence-corrected chi connectivity index (χ2v) is 9.05. The Morgan fingerprint density at radius 1 is 1.10 bits per heavy atom. The topological polar surface area (TPSA) is 96.4 Å². The highest BCUT2D eigenvalue weighted by Gasteiger charge is 2.24. The van der Waals surface area contributed by atoms with Gasteiger partial charge in [0, 0.05) is 5.56 Å². The lowest BCUT2D eigenvalue weighted by atomic mass is 10.1. The summed E-state index contributed by atoms with van der Waals surface area (Å²) in [4.78, 5) is 0. The molecule has 2 aromatic heterocycles. The zero-order chi connectivity index (χ0) is 20.6. The number of fused-ring (bicyclic) bond motifs is 1. The highest BCUT2D eigenvalue weighted by Crippen LogP contribution is 2.39. The molecule has 150 valence electrons. The molecule has 2 N–H and O–H groups in total. The summed E-state index contributed by atoms with van der Waals surface area (Å²) in [7, 11) is -0.676. The van der Waals surface area contributed by atoms with Crippen LogP contribution < -0.4 is 14.6 Å². The van der Waals surface area contributed by atoms with Gasteiger partial charge in [0.2, 0.25) is 10.0 Å². The van der Waals surface area contributed by atoms with E-state index < -0.39 is 10.0 Å². The molecule has 0 aliphatic heterocycles. The van der Waals surface area contributed by atoms with Gasteiger partial charge >= 0.3 is 0 Å². The van der Waals surface area contributed by atoms with Gasteiger partial charge in [-0.05, 0) is 41.3 Å². The molecule has 0 amide bonds. The molecule has 0 saturated heterocycles. The van der Waals surface area contributed by atoms with Crippen LogP contribution in [0, 0.1) is 0 Å². The molecule has 0 unspecified atom stereocenters. The van der Waals surface area contributed by atoms with Crippen molar-refractivity contribution >= 4 is 32.3 Å². The molecule has 0 bridgehead atoms. The van der Waals surface area contributed by atoms with Crippen LogP contribution in [0.3, 0.4) is 0 Å². The molecular formula is C20H19N3O4S2. The predicted molar refractivity (Wildman–Crippen MR) is 113 cm³/mol. The maximum atomic E-state index is 12.1. The van der Waals surface area contributed by atoms with Crippen LogP contribution in [-0.4, -0.2) is 32.4 Å². The van der Waals surface area contributed by atoms with Gasteiger partial charge in [-0.3, -0.25) is 4.68 Å². The Balaban J connectivity index is 1.93. The summed E-state index contributed by atoms with van der Waals surface area (Å²) in [5.74, 6) is 1.37. The van der Waals surface area contributed by atoms with Crippen LogP contribution in [0.4, 0.5) is 0 Å². The Morgan fingerprint density at radius 2 is 1.90 bits per heavy atom. The Morgan fingerprint density at radius 3 is 2.62 bits per heavy atom. The van der Waals surface area contributed by atoms with Crippen LogP contribution in [0.15, 0.2) is 58.1 Å². The van der Waals surface area contributed by atoms with Crippen molar-refractivity contribution in [2.45, 2.75) is 10.8 Å². The molecule has 0 fully saturated rings. The Bertz CT molecular complexity index is 1290. The standard InChI is InChI=1S/C20H19N3O4S2/c1-26-14-6-3-5-13(11-14)12-23-16-7-4-8-17(27-2)18(16)19(22-23)15-9-10-28-20(15)29(21,24)25/h3-11H,12H2,1-2H3,(H2,21,24,25). The zero-order valence-electron chi connectivity index (χ0n) is 15.8. The Kier molecular flexibility index (Phi) is 5.03. The number of ether oxygens (including phenoxy) is 2. The van der Waals surface area contributed by atoms with Gasteiger partial charge in [-0.25, -0.2) is 13.6 Å². The summed E-state index contributed by atoms with van der Waals surface area (Å²) in [5.41, 5.74) is 2.82. The van der Waals surface area contributed by atoms with E-state index in [0.29, 0.717) is 23.6 Å². The molecule has 0 spiro atoms. The van der Waals surface area contributed by atoms with E-state index in [0.717, 1.165) is 33.6 Å². The minimum Gasteiger partial charge on any atom is -0.497 e. The molecule has 0 atom stereocenters. The number of aromatic nitrogens is 2. The van der Waals surface area contributed by atoms with Crippen molar-refractivity contribution in [3.63, 3.8) is 0 Å². The molecule has 4 aromatic rings. The number of thiophene rings is 1. The first kappa shape index (κ1) is 19.4. The largest absolute Gasteiger partial charge is 0.497 e. The van der Waals surface area contributed by atoms with Crippen LogP contribution >= 0.6 is 11.3 Å². The van der Waals surface area contributed by atoms with E-state index in [4.69, 9.17) is 19.7 Å².